The zero-order chi connectivity index (χ0) is 6.85. The molecule has 1 aromatic rings. The van der Waals surface area contributed by atoms with Gasteiger partial charge in [-0.25, -0.2) is 5.75 Å². The van der Waals surface area contributed by atoms with Gasteiger partial charge in [0.1, 0.15) is 0 Å². The van der Waals surface area contributed by atoms with Gasteiger partial charge in [-0.2, -0.15) is 29.3 Å². The second-order valence-electron chi connectivity index (χ2n) is 2.14. The molecular weight excluding hydrogens is 112 g/mol. The van der Waals surface area contributed by atoms with Crippen LogP contribution in [0.15, 0.2) is 12.1 Å². The lowest BCUT2D eigenvalue weighted by Gasteiger charge is -2.16. The van der Waals surface area contributed by atoms with E-state index < -0.39 is 0 Å². The molecule has 0 unspecified atom stereocenters. The summed E-state index contributed by atoms with van der Waals surface area (Å²) in [5.41, 5.74) is 2.07. The lowest BCUT2D eigenvalue weighted by atomic mass is 10.1. The number of aryl methyl sites for hydroxylation is 2. The molecule has 0 saturated carbocycles. The van der Waals surface area contributed by atoms with E-state index in [1.165, 1.54) is 6.07 Å². The van der Waals surface area contributed by atoms with Gasteiger partial charge in [-0.05, 0) is 0 Å². The molecule has 0 aromatic heterocycles. The van der Waals surface area contributed by atoms with Gasteiger partial charge >= 0.3 is 0 Å². The third-order valence-corrected chi connectivity index (χ3v) is 1.38. The molecule has 1 nitrogen and oxygen atoms in total. The molecule has 0 aliphatic heterocycles. The molecule has 0 saturated heterocycles. The standard InChI is InChI=1S/C8H9O/c1-6-3-4-8(9)5-7(6)2/h4-5,9H,1-2H3/q-1/p-1. The molecule has 0 heterocycles. The Balaban J connectivity index is 3.17. The van der Waals surface area contributed by atoms with Gasteiger partial charge in [-0.15, -0.1) is 0 Å². The van der Waals surface area contributed by atoms with Crippen molar-refractivity contribution in [3.8, 4) is 5.75 Å². The summed E-state index contributed by atoms with van der Waals surface area (Å²) in [4.78, 5) is 0. The van der Waals surface area contributed by atoms with Crippen LogP contribution < -0.4 is 5.11 Å². The second-order valence-corrected chi connectivity index (χ2v) is 2.14. The van der Waals surface area contributed by atoms with Crippen molar-refractivity contribution in [2.45, 2.75) is 13.8 Å². The van der Waals surface area contributed by atoms with E-state index in [-0.39, 0.29) is 5.75 Å². The minimum Gasteiger partial charge on any atom is -0.928 e. The van der Waals surface area contributed by atoms with Gasteiger partial charge in [0.2, 0.25) is 0 Å². The topological polar surface area (TPSA) is 23.1 Å². The van der Waals surface area contributed by atoms with Crippen LogP contribution in [0.3, 0.4) is 0 Å². The van der Waals surface area contributed by atoms with E-state index in [0.717, 1.165) is 11.1 Å². The van der Waals surface area contributed by atoms with Crippen molar-refractivity contribution < 1.29 is 5.11 Å². The van der Waals surface area contributed by atoms with Crippen LogP contribution in [0.4, 0.5) is 0 Å². The highest BCUT2D eigenvalue weighted by Gasteiger charge is 1.75. The highest BCUT2D eigenvalue weighted by Crippen LogP contribution is 2.10. The van der Waals surface area contributed by atoms with E-state index in [0.29, 0.717) is 0 Å². The molecule has 9 heavy (non-hydrogen) atoms. The summed E-state index contributed by atoms with van der Waals surface area (Å²) in [5.74, 6) is 0.0399. The lowest BCUT2D eigenvalue weighted by Crippen LogP contribution is -1.90. The minimum absolute atomic E-state index is 0.0399. The molecule has 0 spiro atoms. The van der Waals surface area contributed by atoms with Crippen LogP contribution in [0, 0.1) is 19.9 Å². The predicted molar refractivity (Wildman–Crippen MR) is 34.2 cm³/mol. The first kappa shape index (κ1) is 6.14. The Bertz CT molecular complexity index is 216. The molecule has 48 valence electrons. The number of benzene rings is 1. The van der Waals surface area contributed by atoms with Crippen molar-refractivity contribution in [3.05, 3.63) is 29.3 Å². The van der Waals surface area contributed by atoms with Crippen molar-refractivity contribution in [2.24, 2.45) is 0 Å². The Morgan fingerprint density at radius 3 is 2.56 bits per heavy atom. The van der Waals surface area contributed by atoms with E-state index in [2.05, 4.69) is 6.07 Å². The van der Waals surface area contributed by atoms with Crippen LogP contribution in [0.2, 0.25) is 0 Å². The monoisotopic (exact) mass is 120 g/mol. The van der Waals surface area contributed by atoms with Crippen molar-refractivity contribution in [3.63, 3.8) is 0 Å². The van der Waals surface area contributed by atoms with Gasteiger partial charge in [0.15, 0.2) is 0 Å². The first-order valence-corrected chi connectivity index (χ1v) is 2.86. The van der Waals surface area contributed by atoms with Gasteiger partial charge in [0, 0.05) is 0 Å². The fourth-order valence-corrected chi connectivity index (χ4v) is 0.657. The van der Waals surface area contributed by atoms with Crippen LogP contribution in [-0.4, -0.2) is 0 Å². The Kier molecular flexibility index (Phi) is 1.43. The van der Waals surface area contributed by atoms with Crippen molar-refractivity contribution >= 4 is 0 Å². The predicted octanol–water partition coefficient (Wildman–Crippen LogP) is 1.18. The number of hydrogen-bond acceptors (Lipinski definition) is 1. The van der Waals surface area contributed by atoms with Crippen molar-refractivity contribution in [1.29, 1.82) is 0 Å². The fraction of sp³-hybridized carbons (Fsp3) is 0.250. The van der Waals surface area contributed by atoms with E-state index >= 15 is 0 Å². The minimum atomic E-state index is 0.0399. The largest absolute Gasteiger partial charge is 0.928 e. The first-order chi connectivity index (χ1) is 4.20. The quantitative estimate of drug-likeness (QED) is 0.471. The Hall–Kier alpha value is -0.980. The average Bonchev–Trinajstić information content (AvgIpc) is 1.80. The number of hydrogen-bond donors (Lipinski definition) is 0. The van der Waals surface area contributed by atoms with Crippen LogP contribution >= 0.6 is 0 Å². The molecule has 0 radical (unpaired) electrons. The average molecular weight is 120 g/mol. The molecule has 1 heteroatoms. The normalized spacial score (nSPS) is 9.56. The molecule has 0 amide bonds. The summed E-state index contributed by atoms with van der Waals surface area (Å²) in [6.45, 7) is 3.85. The van der Waals surface area contributed by atoms with Crippen LogP contribution in [-0.2, 0) is 0 Å². The summed E-state index contributed by atoms with van der Waals surface area (Å²) < 4.78 is 0. The highest BCUT2D eigenvalue weighted by atomic mass is 16.3. The van der Waals surface area contributed by atoms with Crippen LogP contribution in [0.1, 0.15) is 11.1 Å². The molecule has 0 N–H and O–H groups in total. The highest BCUT2D eigenvalue weighted by molar-refractivity contribution is 5.30. The van der Waals surface area contributed by atoms with Gasteiger partial charge in [-0.3, -0.25) is 0 Å². The number of rotatable bonds is 0. The van der Waals surface area contributed by atoms with E-state index in [1.807, 2.05) is 13.8 Å². The molecular formula is C8H8O-2. The molecule has 0 atom stereocenters. The maximum Gasteiger partial charge on any atom is -0.0627 e. The van der Waals surface area contributed by atoms with E-state index in [4.69, 9.17) is 0 Å². The summed E-state index contributed by atoms with van der Waals surface area (Å²) in [5, 5.41) is 10.6. The Labute approximate surface area is 55.0 Å². The molecule has 0 fully saturated rings. The fourth-order valence-electron chi connectivity index (χ4n) is 0.657. The van der Waals surface area contributed by atoms with Crippen LogP contribution in [0.5, 0.6) is 5.75 Å². The zero-order valence-electron chi connectivity index (χ0n) is 5.56. The van der Waals surface area contributed by atoms with Crippen molar-refractivity contribution in [2.75, 3.05) is 0 Å². The first-order valence-electron chi connectivity index (χ1n) is 2.86. The summed E-state index contributed by atoms with van der Waals surface area (Å²) in [6, 6.07) is 5.93. The maximum atomic E-state index is 10.6. The molecule has 0 aliphatic rings. The summed E-state index contributed by atoms with van der Waals surface area (Å²) >= 11 is 0. The van der Waals surface area contributed by atoms with Gasteiger partial charge in [-0.1, -0.05) is 13.8 Å². The third kappa shape index (κ3) is 1.22. The van der Waals surface area contributed by atoms with Gasteiger partial charge in [0.25, 0.3) is 0 Å². The Morgan fingerprint density at radius 1 is 1.44 bits per heavy atom. The molecule has 0 bridgehead atoms. The van der Waals surface area contributed by atoms with Crippen molar-refractivity contribution in [1.82, 2.24) is 0 Å². The summed E-state index contributed by atoms with van der Waals surface area (Å²) in [7, 11) is 0. The smallest absolute Gasteiger partial charge is 0.0627 e. The Morgan fingerprint density at radius 2 is 2.11 bits per heavy atom. The second kappa shape index (κ2) is 2.09. The lowest BCUT2D eigenvalue weighted by molar-refractivity contribution is -0.268. The third-order valence-electron chi connectivity index (χ3n) is 1.38. The van der Waals surface area contributed by atoms with E-state index in [9.17, 15) is 5.11 Å². The zero-order valence-corrected chi connectivity index (χ0v) is 5.56. The molecule has 0 aliphatic carbocycles. The molecule has 1 aromatic carbocycles. The van der Waals surface area contributed by atoms with E-state index in [1.54, 1.807) is 6.07 Å². The SMILES string of the molecule is Cc1[c-]cc([O-])cc1C. The van der Waals surface area contributed by atoms with Crippen LogP contribution in [0.25, 0.3) is 0 Å². The van der Waals surface area contributed by atoms with Gasteiger partial charge < -0.3 is 5.11 Å². The van der Waals surface area contributed by atoms with Gasteiger partial charge in [0.05, 0.1) is 0 Å². The summed E-state index contributed by atoms with van der Waals surface area (Å²) in [6.07, 6.45) is 0. The molecule has 1 rings (SSSR count). The maximum absolute atomic E-state index is 10.6.